The van der Waals surface area contributed by atoms with Gasteiger partial charge in [0, 0.05) is 19.2 Å². The van der Waals surface area contributed by atoms with Crippen molar-refractivity contribution in [1.29, 1.82) is 5.26 Å². The summed E-state index contributed by atoms with van der Waals surface area (Å²) in [7, 11) is 0. The number of nitriles is 1. The molecule has 7 heteroatoms. The summed E-state index contributed by atoms with van der Waals surface area (Å²) in [6.45, 7) is 0.901. The lowest BCUT2D eigenvalue weighted by Gasteiger charge is -2.09. The molecule has 1 heterocycles. The molecule has 0 aliphatic rings. The molecule has 0 radical (unpaired) electrons. The van der Waals surface area contributed by atoms with Crippen molar-refractivity contribution in [2.45, 2.75) is 13.1 Å². The third kappa shape index (κ3) is 3.32. The van der Waals surface area contributed by atoms with Gasteiger partial charge in [-0.05, 0) is 17.2 Å². The quantitative estimate of drug-likeness (QED) is 0.639. The average molecular weight is 283 g/mol. The predicted octanol–water partition coefficient (Wildman–Crippen LogP) is 1.93. The molecule has 0 fully saturated rings. The van der Waals surface area contributed by atoms with Crippen molar-refractivity contribution in [3.63, 3.8) is 0 Å². The Morgan fingerprint density at radius 3 is 2.62 bits per heavy atom. The highest BCUT2D eigenvalue weighted by molar-refractivity contribution is 5.50. The standard InChI is InChI=1S/C14H13N5O2/c15-7-10-3-1-2-4-11(10)9-17-14-6-5-13(19(20)21)12(8-16)18-14/h1-6H,7,9,15H2,(H,17,18). The lowest BCUT2D eigenvalue weighted by Crippen LogP contribution is -2.07. The zero-order valence-electron chi connectivity index (χ0n) is 11.1. The van der Waals surface area contributed by atoms with Crippen molar-refractivity contribution >= 4 is 11.5 Å². The molecular formula is C14H13N5O2. The lowest BCUT2D eigenvalue weighted by atomic mass is 10.1. The molecule has 0 aliphatic heterocycles. The summed E-state index contributed by atoms with van der Waals surface area (Å²) in [4.78, 5) is 14.0. The highest BCUT2D eigenvalue weighted by Gasteiger charge is 2.15. The van der Waals surface area contributed by atoms with Crippen LogP contribution >= 0.6 is 0 Å². The number of benzene rings is 1. The van der Waals surface area contributed by atoms with Crippen LogP contribution in [0.5, 0.6) is 0 Å². The molecule has 0 bridgehead atoms. The molecule has 0 aliphatic carbocycles. The summed E-state index contributed by atoms with van der Waals surface area (Å²) in [5.74, 6) is 0.406. The molecule has 2 aromatic rings. The normalized spacial score (nSPS) is 9.90. The number of hydrogen-bond donors (Lipinski definition) is 2. The van der Waals surface area contributed by atoms with Crippen LogP contribution in [0.3, 0.4) is 0 Å². The second-order valence-electron chi connectivity index (χ2n) is 4.26. The molecule has 1 aromatic heterocycles. The predicted molar refractivity (Wildman–Crippen MR) is 77.3 cm³/mol. The Balaban J connectivity index is 2.18. The highest BCUT2D eigenvalue weighted by atomic mass is 16.6. The van der Waals surface area contributed by atoms with Crippen molar-refractivity contribution < 1.29 is 4.92 Å². The maximum atomic E-state index is 10.7. The molecule has 3 N–H and O–H groups in total. The van der Waals surface area contributed by atoms with Gasteiger partial charge in [0.15, 0.2) is 0 Å². The van der Waals surface area contributed by atoms with Gasteiger partial charge in [0.2, 0.25) is 5.69 Å². The molecule has 21 heavy (non-hydrogen) atoms. The van der Waals surface area contributed by atoms with Crippen molar-refractivity contribution in [3.8, 4) is 6.07 Å². The van der Waals surface area contributed by atoms with Gasteiger partial charge in [0.1, 0.15) is 11.9 Å². The fraction of sp³-hybridized carbons (Fsp3) is 0.143. The van der Waals surface area contributed by atoms with Gasteiger partial charge in [0.25, 0.3) is 0 Å². The SMILES string of the molecule is N#Cc1nc(NCc2ccccc2CN)ccc1[N+](=O)[O-]. The van der Waals surface area contributed by atoms with Gasteiger partial charge < -0.3 is 11.1 Å². The molecular weight excluding hydrogens is 270 g/mol. The molecule has 7 nitrogen and oxygen atoms in total. The van der Waals surface area contributed by atoms with Crippen LogP contribution in [0.4, 0.5) is 11.5 Å². The Morgan fingerprint density at radius 1 is 1.29 bits per heavy atom. The summed E-state index contributed by atoms with van der Waals surface area (Å²) < 4.78 is 0. The van der Waals surface area contributed by atoms with E-state index in [4.69, 9.17) is 11.0 Å². The Bertz CT molecular complexity index is 709. The van der Waals surface area contributed by atoms with E-state index in [-0.39, 0.29) is 11.4 Å². The Morgan fingerprint density at radius 2 is 2.00 bits per heavy atom. The van der Waals surface area contributed by atoms with Crippen molar-refractivity contribution in [2.75, 3.05) is 5.32 Å². The molecule has 0 amide bonds. The zero-order valence-corrected chi connectivity index (χ0v) is 11.1. The Kier molecular flexibility index (Phi) is 4.43. The minimum absolute atomic E-state index is 0.211. The fourth-order valence-electron chi connectivity index (χ4n) is 1.89. The van der Waals surface area contributed by atoms with E-state index in [9.17, 15) is 10.1 Å². The summed E-state index contributed by atoms with van der Waals surface area (Å²) in [5.41, 5.74) is 7.16. The number of rotatable bonds is 5. The molecule has 0 spiro atoms. The van der Waals surface area contributed by atoms with Crippen LogP contribution in [-0.2, 0) is 13.1 Å². The van der Waals surface area contributed by atoms with Crippen LogP contribution in [0.15, 0.2) is 36.4 Å². The van der Waals surface area contributed by atoms with Crippen molar-refractivity contribution in [2.24, 2.45) is 5.73 Å². The second kappa shape index (κ2) is 6.45. The number of nitrogens with zero attached hydrogens (tertiary/aromatic N) is 3. The monoisotopic (exact) mass is 283 g/mol. The van der Waals surface area contributed by atoms with E-state index in [0.29, 0.717) is 18.9 Å². The number of hydrogen-bond acceptors (Lipinski definition) is 6. The maximum absolute atomic E-state index is 10.7. The first-order valence-corrected chi connectivity index (χ1v) is 6.22. The number of nitrogens with two attached hydrogens (primary N) is 1. The van der Waals surface area contributed by atoms with Crippen molar-refractivity contribution in [3.05, 3.63) is 63.3 Å². The molecule has 106 valence electrons. The number of aromatic nitrogens is 1. The third-order valence-corrected chi connectivity index (χ3v) is 2.97. The van der Waals surface area contributed by atoms with Crippen LogP contribution in [0, 0.1) is 21.4 Å². The summed E-state index contributed by atoms with van der Waals surface area (Å²) in [6.07, 6.45) is 0. The molecule has 0 saturated carbocycles. The van der Waals surface area contributed by atoms with Gasteiger partial charge in [-0.25, -0.2) is 4.98 Å². The van der Waals surface area contributed by atoms with E-state index in [1.807, 2.05) is 24.3 Å². The van der Waals surface area contributed by atoms with Gasteiger partial charge in [0.05, 0.1) is 4.92 Å². The van der Waals surface area contributed by atoms with Gasteiger partial charge in [-0.2, -0.15) is 5.26 Å². The van der Waals surface area contributed by atoms with Crippen molar-refractivity contribution in [1.82, 2.24) is 4.98 Å². The van der Waals surface area contributed by atoms with Crippen LogP contribution in [0.25, 0.3) is 0 Å². The fourth-order valence-corrected chi connectivity index (χ4v) is 1.89. The zero-order chi connectivity index (χ0) is 15.2. The summed E-state index contributed by atoms with van der Waals surface area (Å²) in [6, 6.07) is 12.1. The van der Waals surface area contributed by atoms with Gasteiger partial charge in [-0.15, -0.1) is 0 Å². The third-order valence-electron chi connectivity index (χ3n) is 2.97. The first-order valence-electron chi connectivity index (χ1n) is 6.22. The number of nitrogens with one attached hydrogen (secondary N) is 1. The van der Waals surface area contributed by atoms with Gasteiger partial charge in [-0.1, -0.05) is 24.3 Å². The van der Waals surface area contributed by atoms with E-state index in [1.165, 1.54) is 12.1 Å². The van der Waals surface area contributed by atoms with E-state index in [2.05, 4.69) is 10.3 Å². The van der Waals surface area contributed by atoms with E-state index in [0.717, 1.165) is 11.1 Å². The minimum atomic E-state index is -0.626. The first kappa shape index (κ1) is 14.4. The van der Waals surface area contributed by atoms with Crippen LogP contribution in [-0.4, -0.2) is 9.91 Å². The first-order chi connectivity index (χ1) is 10.2. The van der Waals surface area contributed by atoms with Crippen LogP contribution < -0.4 is 11.1 Å². The van der Waals surface area contributed by atoms with E-state index >= 15 is 0 Å². The molecule has 1 aromatic carbocycles. The number of anilines is 1. The average Bonchev–Trinajstić information content (AvgIpc) is 2.52. The topological polar surface area (TPSA) is 118 Å². The minimum Gasteiger partial charge on any atom is -0.366 e. The summed E-state index contributed by atoms with van der Waals surface area (Å²) >= 11 is 0. The largest absolute Gasteiger partial charge is 0.366 e. The van der Waals surface area contributed by atoms with Gasteiger partial charge >= 0.3 is 5.69 Å². The van der Waals surface area contributed by atoms with E-state index < -0.39 is 4.92 Å². The second-order valence-corrected chi connectivity index (χ2v) is 4.26. The molecule has 0 unspecified atom stereocenters. The lowest BCUT2D eigenvalue weighted by molar-refractivity contribution is -0.385. The Labute approximate surface area is 121 Å². The molecule has 0 saturated heterocycles. The van der Waals surface area contributed by atoms with Crippen LogP contribution in [0.1, 0.15) is 16.8 Å². The Hall–Kier alpha value is -2.98. The number of nitro groups is 1. The molecule has 0 atom stereocenters. The molecule has 2 rings (SSSR count). The summed E-state index contributed by atoms with van der Waals surface area (Å²) in [5, 5.41) is 22.7. The maximum Gasteiger partial charge on any atom is 0.305 e. The smallest absolute Gasteiger partial charge is 0.305 e. The number of pyridine rings is 1. The van der Waals surface area contributed by atoms with Gasteiger partial charge in [-0.3, -0.25) is 10.1 Å². The highest BCUT2D eigenvalue weighted by Crippen LogP contribution is 2.19. The van der Waals surface area contributed by atoms with Crippen LogP contribution in [0.2, 0.25) is 0 Å². The van der Waals surface area contributed by atoms with E-state index in [1.54, 1.807) is 6.07 Å².